The second kappa shape index (κ2) is 8.79. The summed E-state index contributed by atoms with van der Waals surface area (Å²) in [6.07, 6.45) is 2.53. The number of rotatable bonds is 6. The third-order valence-electron chi connectivity index (χ3n) is 3.78. The van der Waals surface area contributed by atoms with E-state index in [1.165, 1.54) is 22.5 Å². The summed E-state index contributed by atoms with van der Waals surface area (Å²) in [4.78, 5) is 29.3. The summed E-state index contributed by atoms with van der Waals surface area (Å²) >= 11 is 7.22. The van der Waals surface area contributed by atoms with E-state index in [0.29, 0.717) is 15.7 Å². The number of hydrogen-bond acceptors (Lipinski definition) is 4. The zero-order valence-electron chi connectivity index (χ0n) is 14.7. The minimum absolute atomic E-state index is 0.131. The van der Waals surface area contributed by atoms with E-state index in [2.05, 4.69) is 40.7 Å². The number of carbonyl (C=O) groups is 2. The molecule has 2 amide bonds. The van der Waals surface area contributed by atoms with Gasteiger partial charge >= 0.3 is 0 Å². The summed E-state index contributed by atoms with van der Waals surface area (Å²) in [5.41, 5.74) is 2.86. The highest BCUT2D eigenvalue weighted by Crippen LogP contribution is 2.21. The van der Waals surface area contributed by atoms with E-state index in [1.54, 1.807) is 30.5 Å². The summed E-state index contributed by atoms with van der Waals surface area (Å²) in [6.45, 7) is 1.93. The Balaban J connectivity index is 1.50. The van der Waals surface area contributed by atoms with E-state index in [4.69, 9.17) is 11.6 Å². The smallest absolute Gasteiger partial charge is 0.251 e. The van der Waals surface area contributed by atoms with Crippen molar-refractivity contribution in [1.29, 1.82) is 0 Å². The highest BCUT2D eigenvalue weighted by atomic mass is 35.5. The first-order chi connectivity index (χ1) is 13.0. The predicted octanol–water partition coefficient (Wildman–Crippen LogP) is 4.06. The van der Waals surface area contributed by atoms with Crippen LogP contribution in [0.25, 0.3) is 0 Å². The lowest BCUT2D eigenvalue weighted by molar-refractivity contribution is -0.115. The Morgan fingerprint density at radius 1 is 1.15 bits per heavy atom. The van der Waals surface area contributed by atoms with Gasteiger partial charge in [0.1, 0.15) is 0 Å². The Bertz CT molecular complexity index is 954. The van der Waals surface area contributed by atoms with Gasteiger partial charge in [-0.15, -0.1) is 11.3 Å². The third kappa shape index (κ3) is 5.64. The van der Waals surface area contributed by atoms with Gasteiger partial charge in [-0.3, -0.25) is 9.59 Å². The van der Waals surface area contributed by atoms with Crippen molar-refractivity contribution in [2.24, 2.45) is 0 Å². The van der Waals surface area contributed by atoms with Gasteiger partial charge in [-0.1, -0.05) is 41.4 Å². The van der Waals surface area contributed by atoms with Gasteiger partial charge in [-0.05, 0) is 36.8 Å². The zero-order valence-corrected chi connectivity index (χ0v) is 16.2. The molecule has 27 heavy (non-hydrogen) atoms. The maximum Gasteiger partial charge on any atom is 0.251 e. The predicted molar refractivity (Wildman–Crippen MR) is 109 cm³/mol. The fourth-order valence-electron chi connectivity index (χ4n) is 2.50. The molecule has 5 nitrogen and oxygen atoms in total. The summed E-state index contributed by atoms with van der Waals surface area (Å²) in [7, 11) is 0. The molecule has 0 radical (unpaired) electrons. The molecule has 3 rings (SSSR count). The van der Waals surface area contributed by atoms with Gasteiger partial charge in [0.2, 0.25) is 5.91 Å². The van der Waals surface area contributed by atoms with Crippen molar-refractivity contribution in [2.75, 3.05) is 11.9 Å². The minimum Gasteiger partial charge on any atom is -0.343 e. The number of anilines is 1. The van der Waals surface area contributed by atoms with Crippen LogP contribution in [0.4, 0.5) is 5.13 Å². The first kappa shape index (κ1) is 19.1. The minimum atomic E-state index is -0.332. The number of hydrogen-bond donors (Lipinski definition) is 2. The molecular formula is C20H18ClN3O2S. The van der Waals surface area contributed by atoms with E-state index in [-0.39, 0.29) is 18.4 Å². The van der Waals surface area contributed by atoms with Crippen LogP contribution >= 0.6 is 22.9 Å². The van der Waals surface area contributed by atoms with Gasteiger partial charge in [0.15, 0.2) is 5.13 Å². The molecule has 1 heterocycles. The molecule has 0 saturated carbocycles. The topological polar surface area (TPSA) is 71.1 Å². The van der Waals surface area contributed by atoms with E-state index < -0.39 is 0 Å². The molecule has 2 aromatic carbocycles. The SMILES string of the molecule is Cc1cccc(Cc2cnc(NC(=O)CNC(=O)c3ccc(Cl)cc3)s2)c1. The van der Waals surface area contributed by atoms with Gasteiger partial charge in [0, 0.05) is 28.1 Å². The molecule has 7 heteroatoms. The maximum atomic E-state index is 12.0. The Morgan fingerprint density at radius 3 is 2.67 bits per heavy atom. The second-order valence-electron chi connectivity index (χ2n) is 6.04. The zero-order chi connectivity index (χ0) is 19.2. The van der Waals surface area contributed by atoms with Gasteiger partial charge in [0.05, 0.1) is 6.54 Å². The largest absolute Gasteiger partial charge is 0.343 e. The Hall–Kier alpha value is -2.70. The van der Waals surface area contributed by atoms with Crippen LogP contribution in [0.15, 0.2) is 54.7 Å². The number of nitrogens with zero attached hydrogens (tertiary/aromatic N) is 1. The number of nitrogens with one attached hydrogen (secondary N) is 2. The average Bonchev–Trinajstić information content (AvgIpc) is 3.07. The Kier molecular flexibility index (Phi) is 6.21. The van der Waals surface area contributed by atoms with Crippen LogP contribution < -0.4 is 10.6 Å². The number of halogens is 1. The molecule has 0 saturated heterocycles. The molecule has 0 spiro atoms. The summed E-state index contributed by atoms with van der Waals surface area (Å²) in [5, 5.41) is 6.35. The van der Waals surface area contributed by atoms with Crippen molar-refractivity contribution in [1.82, 2.24) is 10.3 Å². The van der Waals surface area contributed by atoms with Crippen molar-refractivity contribution in [2.45, 2.75) is 13.3 Å². The summed E-state index contributed by atoms with van der Waals surface area (Å²) < 4.78 is 0. The standard InChI is InChI=1S/C20H18ClN3O2S/c1-13-3-2-4-14(9-13)10-17-11-23-20(27-17)24-18(25)12-22-19(26)15-5-7-16(21)8-6-15/h2-9,11H,10,12H2,1H3,(H,22,26)(H,23,24,25). The highest BCUT2D eigenvalue weighted by Gasteiger charge is 2.10. The van der Waals surface area contributed by atoms with Crippen molar-refractivity contribution in [3.05, 3.63) is 81.3 Å². The van der Waals surface area contributed by atoms with Gasteiger partial charge < -0.3 is 10.6 Å². The molecule has 0 bridgehead atoms. The lowest BCUT2D eigenvalue weighted by Gasteiger charge is -2.05. The Morgan fingerprint density at radius 2 is 1.93 bits per heavy atom. The maximum absolute atomic E-state index is 12.0. The van der Waals surface area contributed by atoms with Crippen LogP contribution in [0.5, 0.6) is 0 Å². The fourth-order valence-corrected chi connectivity index (χ4v) is 3.49. The number of amides is 2. The molecule has 0 aliphatic carbocycles. The molecular weight excluding hydrogens is 382 g/mol. The number of carbonyl (C=O) groups excluding carboxylic acids is 2. The van der Waals surface area contributed by atoms with E-state index >= 15 is 0 Å². The number of aromatic nitrogens is 1. The van der Waals surface area contributed by atoms with E-state index in [1.807, 2.05) is 6.07 Å². The first-order valence-corrected chi connectivity index (χ1v) is 9.53. The molecule has 0 unspecified atom stereocenters. The van der Waals surface area contributed by atoms with E-state index in [9.17, 15) is 9.59 Å². The fraction of sp³-hybridized carbons (Fsp3) is 0.150. The van der Waals surface area contributed by atoms with E-state index in [0.717, 1.165) is 11.3 Å². The lowest BCUT2D eigenvalue weighted by atomic mass is 10.1. The molecule has 2 N–H and O–H groups in total. The third-order valence-corrected chi connectivity index (χ3v) is 4.94. The van der Waals surface area contributed by atoms with Gasteiger partial charge in [-0.2, -0.15) is 0 Å². The van der Waals surface area contributed by atoms with Crippen molar-refractivity contribution >= 4 is 39.9 Å². The van der Waals surface area contributed by atoms with Crippen molar-refractivity contribution < 1.29 is 9.59 Å². The lowest BCUT2D eigenvalue weighted by Crippen LogP contribution is -2.32. The summed E-state index contributed by atoms with van der Waals surface area (Å²) in [5.74, 6) is -0.658. The number of aryl methyl sites for hydroxylation is 1. The van der Waals surface area contributed by atoms with Crippen LogP contribution in [-0.2, 0) is 11.2 Å². The molecule has 1 aromatic heterocycles. The molecule has 0 aliphatic heterocycles. The molecule has 138 valence electrons. The van der Waals surface area contributed by atoms with Crippen molar-refractivity contribution in [3.8, 4) is 0 Å². The Labute approximate surface area is 166 Å². The van der Waals surface area contributed by atoms with Gasteiger partial charge in [0.25, 0.3) is 5.91 Å². The van der Waals surface area contributed by atoms with Crippen LogP contribution in [0, 0.1) is 6.92 Å². The molecule has 0 aliphatic rings. The number of thiazole rings is 1. The average molecular weight is 400 g/mol. The highest BCUT2D eigenvalue weighted by molar-refractivity contribution is 7.15. The quantitative estimate of drug-likeness (QED) is 0.656. The molecule has 0 atom stereocenters. The van der Waals surface area contributed by atoms with Crippen LogP contribution in [-0.4, -0.2) is 23.3 Å². The number of benzene rings is 2. The van der Waals surface area contributed by atoms with Crippen molar-refractivity contribution in [3.63, 3.8) is 0 Å². The molecule has 3 aromatic rings. The first-order valence-electron chi connectivity index (χ1n) is 8.33. The molecule has 0 fully saturated rings. The van der Waals surface area contributed by atoms with Crippen LogP contribution in [0.2, 0.25) is 5.02 Å². The monoisotopic (exact) mass is 399 g/mol. The van der Waals surface area contributed by atoms with Gasteiger partial charge in [-0.25, -0.2) is 4.98 Å². The van der Waals surface area contributed by atoms with Crippen LogP contribution in [0.3, 0.4) is 0 Å². The second-order valence-corrected chi connectivity index (χ2v) is 7.59. The summed E-state index contributed by atoms with van der Waals surface area (Å²) in [6, 6.07) is 14.7. The van der Waals surface area contributed by atoms with Crippen LogP contribution in [0.1, 0.15) is 26.4 Å². The normalized spacial score (nSPS) is 10.4.